The van der Waals surface area contributed by atoms with Gasteiger partial charge in [-0.15, -0.1) is 0 Å². The van der Waals surface area contributed by atoms with E-state index in [1.165, 1.54) is 25.7 Å². The van der Waals surface area contributed by atoms with Crippen molar-refractivity contribution in [3.63, 3.8) is 0 Å². The molecule has 1 spiro atoms. The maximum absolute atomic E-state index is 5.92. The van der Waals surface area contributed by atoms with E-state index in [1.54, 1.807) is 0 Å². The standard InChI is InChI=1S/C15H24O/c1-9-4-5-10-12(9)13-11(14(13,2)3)6-7-15(10)8-16-15/h9-13H,4-8H2,1-3H3/t9?,10?,11?,12?,13?,15-/m1/s1. The molecule has 0 bridgehead atoms. The number of rotatable bonds is 0. The fourth-order valence-electron chi connectivity index (χ4n) is 5.58. The molecule has 3 aliphatic carbocycles. The Balaban J connectivity index is 1.71. The molecule has 0 radical (unpaired) electrons. The van der Waals surface area contributed by atoms with Crippen LogP contribution >= 0.6 is 0 Å². The molecular formula is C15H24O. The first-order valence-corrected chi connectivity index (χ1v) is 7.20. The van der Waals surface area contributed by atoms with Crippen LogP contribution < -0.4 is 0 Å². The summed E-state index contributed by atoms with van der Waals surface area (Å²) in [5, 5.41) is 0. The number of epoxide rings is 1. The molecule has 4 fully saturated rings. The number of fused-ring (bicyclic) bond motifs is 4. The third-order valence-corrected chi connectivity index (χ3v) is 6.68. The Hall–Kier alpha value is -0.0400. The monoisotopic (exact) mass is 220 g/mol. The van der Waals surface area contributed by atoms with Crippen LogP contribution in [0.15, 0.2) is 0 Å². The Kier molecular flexibility index (Phi) is 1.67. The largest absolute Gasteiger partial charge is 0.369 e. The van der Waals surface area contributed by atoms with Gasteiger partial charge in [0.1, 0.15) is 0 Å². The van der Waals surface area contributed by atoms with Gasteiger partial charge in [-0.05, 0) is 54.3 Å². The van der Waals surface area contributed by atoms with E-state index >= 15 is 0 Å². The molecule has 90 valence electrons. The van der Waals surface area contributed by atoms with E-state index in [2.05, 4.69) is 20.8 Å². The van der Waals surface area contributed by atoms with Crippen LogP contribution in [0.25, 0.3) is 0 Å². The third-order valence-electron chi connectivity index (χ3n) is 6.68. The minimum absolute atomic E-state index is 0.374. The van der Waals surface area contributed by atoms with Crippen LogP contribution in [0.2, 0.25) is 0 Å². The lowest BCUT2D eigenvalue weighted by Crippen LogP contribution is -2.30. The Morgan fingerprint density at radius 2 is 1.81 bits per heavy atom. The number of hydrogen-bond donors (Lipinski definition) is 0. The van der Waals surface area contributed by atoms with Crippen molar-refractivity contribution in [3.05, 3.63) is 0 Å². The summed E-state index contributed by atoms with van der Waals surface area (Å²) in [4.78, 5) is 0. The summed E-state index contributed by atoms with van der Waals surface area (Å²) in [6.07, 6.45) is 5.72. The Bertz CT molecular complexity index is 328. The van der Waals surface area contributed by atoms with E-state index in [4.69, 9.17) is 4.74 Å². The van der Waals surface area contributed by atoms with Crippen LogP contribution in [-0.2, 0) is 4.74 Å². The van der Waals surface area contributed by atoms with Gasteiger partial charge >= 0.3 is 0 Å². The van der Waals surface area contributed by atoms with Crippen LogP contribution in [0.4, 0.5) is 0 Å². The summed E-state index contributed by atoms with van der Waals surface area (Å²) in [5.74, 6) is 4.91. The van der Waals surface area contributed by atoms with E-state index < -0.39 is 0 Å². The van der Waals surface area contributed by atoms with E-state index in [0.717, 1.165) is 36.2 Å². The van der Waals surface area contributed by atoms with Crippen LogP contribution in [0.5, 0.6) is 0 Å². The molecule has 3 saturated carbocycles. The zero-order valence-corrected chi connectivity index (χ0v) is 10.8. The van der Waals surface area contributed by atoms with E-state index in [1.807, 2.05) is 0 Å². The van der Waals surface area contributed by atoms with Crippen LogP contribution in [0.3, 0.4) is 0 Å². The maximum Gasteiger partial charge on any atom is 0.0947 e. The molecule has 16 heavy (non-hydrogen) atoms. The summed E-state index contributed by atoms with van der Waals surface area (Å²) >= 11 is 0. The fraction of sp³-hybridized carbons (Fsp3) is 1.00. The highest BCUT2D eigenvalue weighted by atomic mass is 16.6. The van der Waals surface area contributed by atoms with Crippen molar-refractivity contribution >= 4 is 0 Å². The molecular weight excluding hydrogens is 196 g/mol. The zero-order chi connectivity index (χ0) is 11.1. The summed E-state index contributed by atoms with van der Waals surface area (Å²) in [7, 11) is 0. The van der Waals surface area contributed by atoms with Gasteiger partial charge in [0.2, 0.25) is 0 Å². The highest BCUT2D eigenvalue weighted by Crippen LogP contribution is 2.72. The Labute approximate surface area is 98.9 Å². The van der Waals surface area contributed by atoms with Gasteiger partial charge in [0, 0.05) is 0 Å². The van der Waals surface area contributed by atoms with Crippen molar-refractivity contribution in [2.45, 2.75) is 52.1 Å². The molecule has 1 heterocycles. The minimum atomic E-state index is 0.374. The van der Waals surface area contributed by atoms with Gasteiger partial charge in [0.15, 0.2) is 0 Å². The Morgan fingerprint density at radius 3 is 2.50 bits per heavy atom. The van der Waals surface area contributed by atoms with Gasteiger partial charge in [-0.25, -0.2) is 0 Å². The number of hydrogen-bond acceptors (Lipinski definition) is 1. The summed E-state index contributed by atoms with van der Waals surface area (Å²) in [5.41, 5.74) is 1.02. The second-order valence-electron chi connectivity index (χ2n) is 7.58. The second-order valence-corrected chi connectivity index (χ2v) is 7.58. The lowest BCUT2D eigenvalue weighted by Gasteiger charge is -2.28. The van der Waals surface area contributed by atoms with E-state index in [0.29, 0.717) is 11.0 Å². The van der Waals surface area contributed by atoms with Crippen molar-refractivity contribution < 1.29 is 4.74 Å². The molecule has 1 nitrogen and oxygen atoms in total. The molecule has 0 aromatic carbocycles. The van der Waals surface area contributed by atoms with E-state index in [-0.39, 0.29) is 0 Å². The molecule has 1 saturated heterocycles. The molecule has 1 aliphatic heterocycles. The quantitative estimate of drug-likeness (QED) is 0.569. The highest BCUT2D eigenvalue weighted by molar-refractivity contribution is 5.18. The van der Waals surface area contributed by atoms with Crippen molar-refractivity contribution in [1.29, 1.82) is 0 Å². The zero-order valence-electron chi connectivity index (χ0n) is 10.8. The molecule has 0 aromatic rings. The predicted octanol–water partition coefficient (Wildman–Crippen LogP) is 3.48. The molecule has 4 rings (SSSR count). The van der Waals surface area contributed by atoms with Gasteiger partial charge in [0.25, 0.3) is 0 Å². The lowest BCUT2D eigenvalue weighted by molar-refractivity contribution is 0.141. The molecule has 0 amide bonds. The minimum Gasteiger partial charge on any atom is -0.369 e. The van der Waals surface area contributed by atoms with Crippen molar-refractivity contribution in [3.8, 4) is 0 Å². The molecule has 0 aromatic heterocycles. The van der Waals surface area contributed by atoms with Crippen molar-refractivity contribution in [1.82, 2.24) is 0 Å². The van der Waals surface area contributed by atoms with Crippen molar-refractivity contribution in [2.75, 3.05) is 6.61 Å². The third kappa shape index (κ3) is 1.02. The normalized spacial score (nSPS) is 61.3. The van der Waals surface area contributed by atoms with Gasteiger partial charge in [-0.2, -0.15) is 0 Å². The van der Waals surface area contributed by atoms with Crippen LogP contribution in [0, 0.1) is 35.0 Å². The SMILES string of the molecule is CC1CCC2C1C1C(CC[C@@]23CO3)C1(C)C. The Morgan fingerprint density at radius 1 is 1.06 bits per heavy atom. The topological polar surface area (TPSA) is 12.5 Å². The second kappa shape index (κ2) is 2.68. The molecule has 5 unspecified atom stereocenters. The van der Waals surface area contributed by atoms with Crippen LogP contribution in [0.1, 0.15) is 46.5 Å². The molecule has 6 atom stereocenters. The first-order valence-electron chi connectivity index (χ1n) is 7.20. The average molecular weight is 220 g/mol. The van der Waals surface area contributed by atoms with E-state index in [9.17, 15) is 0 Å². The predicted molar refractivity (Wildman–Crippen MR) is 64.1 cm³/mol. The first kappa shape index (κ1) is 9.94. The molecule has 0 N–H and O–H groups in total. The maximum atomic E-state index is 5.92. The highest BCUT2D eigenvalue weighted by Gasteiger charge is 2.70. The summed E-state index contributed by atoms with van der Waals surface area (Å²) in [6.45, 7) is 8.60. The first-order chi connectivity index (χ1) is 7.56. The smallest absolute Gasteiger partial charge is 0.0947 e. The number of ether oxygens (including phenoxy) is 1. The molecule has 1 heteroatoms. The van der Waals surface area contributed by atoms with Gasteiger partial charge in [-0.3, -0.25) is 0 Å². The average Bonchev–Trinajstić information content (AvgIpc) is 3.07. The van der Waals surface area contributed by atoms with Gasteiger partial charge < -0.3 is 4.74 Å². The van der Waals surface area contributed by atoms with Gasteiger partial charge in [0.05, 0.1) is 12.2 Å². The van der Waals surface area contributed by atoms with Gasteiger partial charge in [-0.1, -0.05) is 27.2 Å². The van der Waals surface area contributed by atoms with Crippen LogP contribution in [-0.4, -0.2) is 12.2 Å². The van der Waals surface area contributed by atoms with Crippen molar-refractivity contribution in [2.24, 2.45) is 35.0 Å². The lowest BCUT2D eigenvalue weighted by atomic mass is 9.76. The summed E-state index contributed by atoms with van der Waals surface area (Å²) in [6, 6.07) is 0. The summed E-state index contributed by atoms with van der Waals surface area (Å²) < 4.78 is 5.92. The molecule has 4 aliphatic rings. The fourth-order valence-corrected chi connectivity index (χ4v) is 5.58.